The van der Waals surface area contributed by atoms with Crippen molar-refractivity contribution in [3.05, 3.63) is 71.2 Å². The molecule has 0 aliphatic carbocycles. The highest BCUT2D eigenvalue weighted by atomic mass is 19.4. The van der Waals surface area contributed by atoms with Crippen LogP contribution in [0.2, 0.25) is 0 Å². The first-order valence-electron chi connectivity index (χ1n) is 7.57. The Balaban J connectivity index is 1.99. The van der Waals surface area contributed by atoms with Gasteiger partial charge in [0.2, 0.25) is 5.95 Å². The van der Waals surface area contributed by atoms with E-state index in [9.17, 15) is 26.3 Å². The number of hydrogen-bond acceptors (Lipinski definition) is 3. The van der Waals surface area contributed by atoms with Crippen molar-refractivity contribution >= 4 is 11.6 Å². The van der Waals surface area contributed by atoms with Crippen LogP contribution in [0.5, 0.6) is 0 Å². The average molecular weight is 383 g/mol. The van der Waals surface area contributed by atoms with E-state index in [1.807, 2.05) is 0 Å². The minimum absolute atomic E-state index is 0.0273. The summed E-state index contributed by atoms with van der Waals surface area (Å²) in [6.45, 7) is 1.48. The molecule has 1 heterocycles. The van der Waals surface area contributed by atoms with Gasteiger partial charge >= 0.3 is 6.18 Å². The quantitative estimate of drug-likeness (QED) is 0.596. The first-order valence-corrected chi connectivity index (χ1v) is 7.57. The molecule has 27 heavy (non-hydrogen) atoms. The van der Waals surface area contributed by atoms with Crippen molar-refractivity contribution in [2.75, 3.05) is 5.32 Å². The Morgan fingerprint density at radius 1 is 0.926 bits per heavy atom. The third kappa shape index (κ3) is 4.18. The Kier molecular flexibility index (Phi) is 4.77. The number of nitrogens with one attached hydrogen (secondary N) is 1. The second kappa shape index (κ2) is 6.90. The molecule has 3 aromatic rings. The number of anilines is 2. The maximum atomic E-state index is 14.0. The SMILES string of the molecule is Cc1cc(Nc2ncc(F)c(-c3ccc(F)cc3F)n2)cc(C(F)(F)F)c1. The average Bonchev–Trinajstić information content (AvgIpc) is 2.56. The van der Waals surface area contributed by atoms with Gasteiger partial charge in [0.1, 0.15) is 17.3 Å². The summed E-state index contributed by atoms with van der Waals surface area (Å²) in [6, 6.07) is 5.74. The minimum Gasteiger partial charge on any atom is -0.324 e. The lowest BCUT2D eigenvalue weighted by atomic mass is 10.1. The van der Waals surface area contributed by atoms with Crippen molar-refractivity contribution in [2.45, 2.75) is 13.1 Å². The number of benzene rings is 2. The molecule has 0 saturated carbocycles. The standard InChI is InChI=1S/C18H11F6N3/c1-9-4-10(18(22,23)24)6-12(5-9)26-17-25-8-15(21)16(27-17)13-3-2-11(19)7-14(13)20/h2-8H,1H3,(H,25,26,27). The van der Waals surface area contributed by atoms with Gasteiger partial charge in [-0.1, -0.05) is 0 Å². The zero-order valence-electron chi connectivity index (χ0n) is 13.7. The fourth-order valence-corrected chi connectivity index (χ4v) is 2.45. The summed E-state index contributed by atoms with van der Waals surface area (Å²) in [7, 11) is 0. The summed E-state index contributed by atoms with van der Waals surface area (Å²) in [5.74, 6) is -3.09. The van der Waals surface area contributed by atoms with Gasteiger partial charge in [-0.15, -0.1) is 0 Å². The van der Waals surface area contributed by atoms with Crippen LogP contribution in [0.3, 0.4) is 0 Å². The molecule has 0 spiro atoms. The molecule has 0 unspecified atom stereocenters. The van der Waals surface area contributed by atoms with E-state index in [-0.39, 0.29) is 17.2 Å². The van der Waals surface area contributed by atoms with Crippen LogP contribution in [0.4, 0.5) is 38.0 Å². The van der Waals surface area contributed by atoms with E-state index in [0.717, 1.165) is 30.5 Å². The van der Waals surface area contributed by atoms with Crippen molar-refractivity contribution in [3.63, 3.8) is 0 Å². The van der Waals surface area contributed by atoms with E-state index in [1.54, 1.807) is 0 Å². The van der Waals surface area contributed by atoms with Crippen LogP contribution >= 0.6 is 0 Å². The maximum absolute atomic E-state index is 14.0. The van der Waals surface area contributed by atoms with Crippen molar-refractivity contribution in [2.24, 2.45) is 0 Å². The fourth-order valence-electron chi connectivity index (χ4n) is 2.45. The highest BCUT2D eigenvalue weighted by molar-refractivity contribution is 5.63. The predicted octanol–water partition coefficient (Wildman–Crippen LogP) is 5.63. The molecule has 3 rings (SSSR count). The molecule has 9 heteroatoms. The zero-order chi connectivity index (χ0) is 19.8. The van der Waals surface area contributed by atoms with Crippen molar-refractivity contribution < 1.29 is 26.3 Å². The molecule has 1 N–H and O–H groups in total. The van der Waals surface area contributed by atoms with E-state index in [0.29, 0.717) is 11.6 Å². The fraction of sp³-hybridized carbons (Fsp3) is 0.111. The summed E-state index contributed by atoms with van der Waals surface area (Å²) >= 11 is 0. The smallest absolute Gasteiger partial charge is 0.324 e. The summed E-state index contributed by atoms with van der Waals surface area (Å²) in [6.07, 6.45) is -3.80. The number of rotatable bonds is 3. The number of halogens is 6. The van der Waals surface area contributed by atoms with E-state index in [4.69, 9.17) is 0 Å². The molecule has 0 amide bonds. The van der Waals surface area contributed by atoms with Gasteiger partial charge in [-0.3, -0.25) is 0 Å². The third-order valence-corrected chi connectivity index (χ3v) is 3.59. The minimum atomic E-state index is -4.55. The molecule has 0 fully saturated rings. The first-order chi connectivity index (χ1) is 12.6. The lowest BCUT2D eigenvalue weighted by Crippen LogP contribution is -2.07. The molecule has 0 aliphatic rings. The molecule has 3 nitrogen and oxygen atoms in total. The molecule has 1 aromatic heterocycles. The van der Waals surface area contributed by atoms with Crippen molar-refractivity contribution in [1.82, 2.24) is 9.97 Å². The number of aromatic nitrogens is 2. The Bertz CT molecular complexity index is 1000. The Hall–Kier alpha value is -3.10. The van der Waals surface area contributed by atoms with Gasteiger partial charge in [-0.2, -0.15) is 13.2 Å². The van der Waals surface area contributed by atoms with Gasteiger partial charge in [0.05, 0.1) is 11.8 Å². The lowest BCUT2D eigenvalue weighted by Gasteiger charge is -2.12. The summed E-state index contributed by atoms with van der Waals surface area (Å²) < 4.78 is 79.7. The maximum Gasteiger partial charge on any atom is 0.416 e. The molecular formula is C18H11F6N3. The topological polar surface area (TPSA) is 37.8 Å². The third-order valence-electron chi connectivity index (χ3n) is 3.59. The number of alkyl halides is 3. The van der Waals surface area contributed by atoms with Crippen LogP contribution in [-0.2, 0) is 6.18 Å². The molecule has 0 saturated heterocycles. The summed E-state index contributed by atoms with van der Waals surface area (Å²) in [4.78, 5) is 7.46. The van der Waals surface area contributed by atoms with E-state index < -0.39 is 34.9 Å². The molecular weight excluding hydrogens is 372 g/mol. The molecule has 0 bridgehead atoms. The Labute approximate surface area is 149 Å². The molecule has 140 valence electrons. The summed E-state index contributed by atoms with van der Waals surface area (Å²) in [5, 5.41) is 2.54. The van der Waals surface area contributed by atoms with E-state index in [1.165, 1.54) is 13.0 Å². The normalized spacial score (nSPS) is 11.5. The molecule has 0 atom stereocenters. The number of nitrogens with zero attached hydrogens (tertiary/aromatic N) is 2. The molecule has 0 aliphatic heterocycles. The van der Waals surface area contributed by atoms with Gasteiger partial charge in [0, 0.05) is 17.3 Å². The monoisotopic (exact) mass is 383 g/mol. The largest absolute Gasteiger partial charge is 0.416 e. The molecule has 2 aromatic carbocycles. The second-order valence-corrected chi connectivity index (χ2v) is 5.72. The van der Waals surface area contributed by atoms with Gasteiger partial charge in [-0.25, -0.2) is 23.1 Å². The van der Waals surface area contributed by atoms with Crippen LogP contribution in [0, 0.1) is 24.4 Å². The van der Waals surface area contributed by atoms with Crippen molar-refractivity contribution in [1.29, 1.82) is 0 Å². The number of hydrogen-bond donors (Lipinski definition) is 1. The van der Waals surface area contributed by atoms with Crippen LogP contribution in [-0.4, -0.2) is 9.97 Å². The predicted molar refractivity (Wildman–Crippen MR) is 86.8 cm³/mol. The van der Waals surface area contributed by atoms with Gasteiger partial charge in [0.15, 0.2) is 5.82 Å². The Morgan fingerprint density at radius 3 is 2.33 bits per heavy atom. The number of aryl methyl sites for hydroxylation is 1. The van der Waals surface area contributed by atoms with Gasteiger partial charge < -0.3 is 5.32 Å². The summed E-state index contributed by atoms with van der Waals surface area (Å²) in [5.41, 5.74) is -1.27. The second-order valence-electron chi connectivity index (χ2n) is 5.72. The zero-order valence-corrected chi connectivity index (χ0v) is 13.7. The van der Waals surface area contributed by atoms with Crippen LogP contribution in [0.1, 0.15) is 11.1 Å². The van der Waals surface area contributed by atoms with Gasteiger partial charge in [-0.05, 0) is 42.8 Å². The van der Waals surface area contributed by atoms with Crippen LogP contribution < -0.4 is 5.32 Å². The highest BCUT2D eigenvalue weighted by Gasteiger charge is 2.31. The lowest BCUT2D eigenvalue weighted by molar-refractivity contribution is -0.137. The first kappa shape index (κ1) is 18.7. The highest BCUT2D eigenvalue weighted by Crippen LogP contribution is 2.32. The van der Waals surface area contributed by atoms with E-state index in [2.05, 4.69) is 15.3 Å². The van der Waals surface area contributed by atoms with E-state index >= 15 is 0 Å². The van der Waals surface area contributed by atoms with Crippen molar-refractivity contribution in [3.8, 4) is 11.3 Å². The van der Waals surface area contributed by atoms with Gasteiger partial charge in [0.25, 0.3) is 0 Å². The van der Waals surface area contributed by atoms with Crippen LogP contribution in [0.25, 0.3) is 11.3 Å². The molecule has 0 radical (unpaired) electrons. The van der Waals surface area contributed by atoms with Crippen LogP contribution in [0.15, 0.2) is 42.6 Å². The Morgan fingerprint density at radius 2 is 1.67 bits per heavy atom.